The molecule has 1 amide bonds. The number of fused-ring (bicyclic) bond motifs is 1. The number of nitrogens with one attached hydrogen (secondary N) is 1. The molecule has 0 spiro atoms. The molecule has 4 rings (SSSR count). The highest BCUT2D eigenvalue weighted by Gasteiger charge is 2.18. The normalized spacial score (nSPS) is 12.0. The summed E-state index contributed by atoms with van der Waals surface area (Å²) in [6.45, 7) is 6.09. The van der Waals surface area contributed by atoms with Gasteiger partial charge in [0, 0.05) is 15.4 Å². The highest BCUT2D eigenvalue weighted by Crippen LogP contribution is 2.29. The lowest BCUT2D eigenvalue weighted by molar-refractivity contribution is 0.0941. The summed E-state index contributed by atoms with van der Waals surface area (Å²) < 4.78 is 1.01. The van der Waals surface area contributed by atoms with Gasteiger partial charge < -0.3 is 5.32 Å². The predicted octanol–water partition coefficient (Wildman–Crippen LogP) is 6.77. The lowest BCUT2D eigenvalue weighted by Gasteiger charge is -2.17. The second-order valence-corrected chi connectivity index (χ2v) is 8.56. The van der Waals surface area contributed by atoms with Crippen molar-refractivity contribution in [2.45, 2.75) is 26.8 Å². The molecule has 1 aromatic heterocycles. The summed E-state index contributed by atoms with van der Waals surface area (Å²) in [6.07, 6.45) is 0. The molecule has 3 nitrogen and oxygen atoms in total. The van der Waals surface area contributed by atoms with Crippen molar-refractivity contribution in [1.29, 1.82) is 0 Å². The van der Waals surface area contributed by atoms with Crippen LogP contribution in [-0.4, -0.2) is 10.9 Å². The maximum atomic E-state index is 13.4. The largest absolute Gasteiger partial charge is 0.345 e. The van der Waals surface area contributed by atoms with E-state index in [0.717, 1.165) is 43.3 Å². The number of aromatic nitrogens is 1. The SMILES string of the molecule is Cc1cc(C)c2nc(-c3ccc(Br)cc3)cc(C(=O)NC(C)c3ccccc3)c2c1. The van der Waals surface area contributed by atoms with Crippen molar-refractivity contribution in [2.75, 3.05) is 0 Å². The Labute approximate surface area is 185 Å². The van der Waals surface area contributed by atoms with Gasteiger partial charge in [0.2, 0.25) is 0 Å². The number of benzene rings is 3. The fourth-order valence-corrected chi connectivity index (χ4v) is 4.00. The maximum Gasteiger partial charge on any atom is 0.252 e. The lowest BCUT2D eigenvalue weighted by atomic mass is 9.99. The van der Waals surface area contributed by atoms with Crippen LogP contribution in [0, 0.1) is 13.8 Å². The van der Waals surface area contributed by atoms with Gasteiger partial charge in [-0.05, 0) is 56.2 Å². The molecule has 4 heteroatoms. The van der Waals surface area contributed by atoms with Crippen LogP contribution in [-0.2, 0) is 0 Å². The van der Waals surface area contributed by atoms with Gasteiger partial charge in [-0.2, -0.15) is 0 Å². The summed E-state index contributed by atoms with van der Waals surface area (Å²) in [5, 5.41) is 4.04. The molecule has 3 aromatic carbocycles. The Bertz CT molecular complexity index is 1220. The summed E-state index contributed by atoms with van der Waals surface area (Å²) >= 11 is 3.48. The summed E-state index contributed by atoms with van der Waals surface area (Å²) in [5.41, 5.74) is 6.53. The Balaban J connectivity index is 1.82. The first-order valence-corrected chi connectivity index (χ1v) is 10.8. The van der Waals surface area contributed by atoms with Crippen LogP contribution in [0.15, 0.2) is 77.3 Å². The molecule has 0 aliphatic heterocycles. The molecule has 30 heavy (non-hydrogen) atoms. The average molecular weight is 459 g/mol. The number of pyridine rings is 1. The lowest BCUT2D eigenvalue weighted by Crippen LogP contribution is -2.27. The van der Waals surface area contributed by atoms with E-state index in [9.17, 15) is 4.79 Å². The van der Waals surface area contributed by atoms with E-state index in [0.29, 0.717) is 5.56 Å². The molecule has 0 saturated heterocycles. The van der Waals surface area contributed by atoms with E-state index in [1.165, 1.54) is 0 Å². The summed E-state index contributed by atoms with van der Waals surface area (Å²) in [4.78, 5) is 18.3. The van der Waals surface area contributed by atoms with Crippen LogP contribution in [0.25, 0.3) is 22.2 Å². The van der Waals surface area contributed by atoms with Gasteiger partial charge in [-0.25, -0.2) is 4.98 Å². The monoisotopic (exact) mass is 458 g/mol. The molecule has 1 N–H and O–H groups in total. The Hall–Kier alpha value is -2.98. The van der Waals surface area contributed by atoms with E-state index in [1.54, 1.807) is 0 Å². The van der Waals surface area contributed by atoms with Crippen molar-refractivity contribution >= 4 is 32.7 Å². The number of amides is 1. The number of halogens is 1. The minimum Gasteiger partial charge on any atom is -0.345 e. The third kappa shape index (κ3) is 4.14. The molecule has 1 heterocycles. The van der Waals surface area contributed by atoms with Crippen molar-refractivity contribution in [3.05, 3.63) is 99.5 Å². The zero-order valence-electron chi connectivity index (χ0n) is 17.2. The molecule has 0 aliphatic rings. The summed E-state index contributed by atoms with van der Waals surface area (Å²) in [5.74, 6) is -0.0953. The first kappa shape index (κ1) is 20.3. The number of carbonyl (C=O) groups is 1. The van der Waals surface area contributed by atoms with Crippen LogP contribution in [0.3, 0.4) is 0 Å². The number of aryl methyl sites for hydroxylation is 2. The van der Waals surface area contributed by atoms with E-state index in [1.807, 2.05) is 87.5 Å². The second kappa shape index (κ2) is 8.41. The van der Waals surface area contributed by atoms with Gasteiger partial charge in [-0.3, -0.25) is 4.79 Å². The Morgan fingerprint density at radius 3 is 2.37 bits per heavy atom. The van der Waals surface area contributed by atoms with Crippen LogP contribution in [0.5, 0.6) is 0 Å². The van der Waals surface area contributed by atoms with Gasteiger partial charge in [-0.15, -0.1) is 0 Å². The Morgan fingerprint density at radius 1 is 0.967 bits per heavy atom. The van der Waals surface area contributed by atoms with Crippen LogP contribution >= 0.6 is 15.9 Å². The molecule has 150 valence electrons. The predicted molar refractivity (Wildman–Crippen MR) is 127 cm³/mol. The number of hydrogen-bond acceptors (Lipinski definition) is 2. The molecule has 1 unspecified atom stereocenters. The quantitative estimate of drug-likeness (QED) is 0.366. The van der Waals surface area contributed by atoms with Crippen LogP contribution in [0.4, 0.5) is 0 Å². The summed E-state index contributed by atoms with van der Waals surface area (Å²) in [6, 6.07) is 23.9. The highest BCUT2D eigenvalue weighted by molar-refractivity contribution is 9.10. The van der Waals surface area contributed by atoms with Gasteiger partial charge in [0.15, 0.2) is 0 Å². The van der Waals surface area contributed by atoms with Crippen molar-refractivity contribution in [1.82, 2.24) is 10.3 Å². The van der Waals surface area contributed by atoms with E-state index in [-0.39, 0.29) is 11.9 Å². The van der Waals surface area contributed by atoms with E-state index < -0.39 is 0 Å². The second-order valence-electron chi connectivity index (χ2n) is 7.65. The van der Waals surface area contributed by atoms with Crippen molar-refractivity contribution in [3.63, 3.8) is 0 Å². The number of carbonyl (C=O) groups excluding carboxylic acids is 1. The van der Waals surface area contributed by atoms with Crippen molar-refractivity contribution in [2.24, 2.45) is 0 Å². The highest BCUT2D eigenvalue weighted by atomic mass is 79.9. The maximum absolute atomic E-state index is 13.4. The fourth-order valence-electron chi connectivity index (χ4n) is 3.74. The molecule has 0 aliphatic carbocycles. The Kier molecular flexibility index (Phi) is 5.69. The summed E-state index contributed by atoms with van der Waals surface area (Å²) in [7, 11) is 0. The average Bonchev–Trinajstić information content (AvgIpc) is 2.74. The fraction of sp³-hybridized carbons (Fsp3) is 0.154. The molecule has 0 bridgehead atoms. The van der Waals surface area contributed by atoms with Crippen LogP contribution < -0.4 is 5.32 Å². The zero-order valence-corrected chi connectivity index (χ0v) is 18.8. The van der Waals surface area contributed by atoms with Crippen LogP contribution in [0.1, 0.15) is 40.0 Å². The minimum absolute atomic E-state index is 0.0936. The van der Waals surface area contributed by atoms with Crippen LogP contribution in [0.2, 0.25) is 0 Å². The number of hydrogen-bond donors (Lipinski definition) is 1. The molecule has 0 radical (unpaired) electrons. The van der Waals surface area contributed by atoms with Gasteiger partial charge >= 0.3 is 0 Å². The third-order valence-electron chi connectivity index (χ3n) is 5.28. The topological polar surface area (TPSA) is 42.0 Å². The number of nitrogens with zero attached hydrogens (tertiary/aromatic N) is 1. The van der Waals surface area contributed by atoms with E-state index in [2.05, 4.69) is 27.3 Å². The van der Waals surface area contributed by atoms with Gasteiger partial charge in [-0.1, -0.05) is 70.0 Å². The smallest absolute Gasteiger partial charge is 0.252 e. The van der Waals surface area contributed by atoms with E-state index in [4.69, 9.17) is 4.98 Å². The van der Waals surface area contributed by atoms with Crippen molar-refractivity contribution < 1.29 is 4.79 Å². The van der Waals surface area contributed by atoms with Gasteiger partial charge in [0.1, 0.15) is 0 Å². The van der Waals surface area contributed by atoms with Gasteiger partial charge in [0.25, 0.3) is 5.91 Å². The third-order valence-corrected chi connectivity index (χ3v) is 5.81. The molecular formula is C26H23BrN2O. The molecule has 0 fully saturated rings. The first-order chi connectivity index (χ1) is 14.4. The number of rotatable bonds is 4. The van der Waals surface area contributed by atoms with E-state index >= 15 is 0 Å². The minimum atomic E-state index is -0.0953. The van der Waals surface area contributed by atoms with Crippen molar-refractivity contribution in [3.8, 4) is 11.3 Å². The Morgan fingerprint density at radius 2 is 1.67 bits per heavy atom. The molecule has 4 aromatic rings. The standard InChI is InChI=1S/C26H23BrN2O/c1-16-13-17(2)25-22(14-16)23(15-24(29-25)20-9-11-21(27)12-10-20)26(30)28-18(3)19-7-5-4-6-8-19/h4-15,18H,1-3H3,(H,28,30). The molecule has 0 saturated carbocycles. The van der Waals surface area contributed by atoms with Gasteiger partial charge in [0.05, 0.1) is 22.8 Å². The molecular weight excluding hydrogens is 436 g/mol. The zero-order chi connectivity index (χ0) is 21.3. The molecule has 1 atom stereocenters. The first-order valence-electron chi connectivity index (χ1n) is 9.96.